The molecule has 1 fully saturated rings. The maximum Gasteiger partial charge on any atom is 0.326 e. The number of nitrogens with one attached hydrogen (secondary N) is 1. The first-order valence-corrected chi connectivity index (χ1v) is 6.29. The molecule has 0 aromatic rings. The second-order valence-corrected chi connectivity index (χ2v) is 4.93. The predicted molar refractivity (Wildman–Crippen MR) is 64.4 cm³/mol. The molecule has 1 unspecified atom stereocenters. The average Bonchev–Trinajstić information content (AvgIpc) is 2.29. The van der Waals surface area contributed by atoms with Gasteiger partial charge in [0.15, 0.2) is 0 Å². The molecule has 4 N–H and O–H groups in total. The van der Waals surface area contributed by atoms with E-state index in [2.05, 4.69) is 5.32 Å². The minimum Gasteiger partial charge on any atom is -0.480 e. The zero-order valence-corrected chi connectivity index (χ0v) is 10.3. The molecule has 0 aliphatic heterocycles. The number of carboxylic acid groups (broad SMARTS) is 1. The van der Waals surface area contributed by atoms with E-state index in [9.17, 15) is 9.59 Å². The van der Waals surface area contributed by atoms with E-state index in [-0.39, 0.29) is 0 Å². The van der Waals surface area contributed by atoms with E-state index < -0.39 is 24.0 Å². The van der Waals surface area contributed by atoms with Crippen molar-refractivity contribution < 1.29 is 14.7 Å². The summed E-state index contributed by atoms with van der Waals surface area (Å²) in [5.74, 6) is -0.948. The number of carbonyl (C=O) groups excluding carboxylic acids is 1. The van der Waals surface area contributed by atoms with Gasteiger partial charge in [0.25, 0.3) is 0 Å². The predicted octanol–water partition coefficient (Wildman–Crippen LogP) is 0.873. The number of nitrogens with two attached hydrogens (primary N) is 1. The molecule has 1 aliphatic carbocycles. The number of carboxylic acids is 1. The van der Waals surface area contributed by atoms with E-state index in [0.29, 0.717) is 12.3 Å². The molecule has 17 heavy (non-hydrogen) atoms. The Kier molecular flexibility index (Phi) is 5.41. The molecule has 2 atom stereocenters. The van der Waals surface area contributed by atoms with E-state index in [1.54, 1.807) is 6.92 Å². The lowest BCUT2D eigenvalue weighted by Gasteiger charge is -2.25. The van der Waals surface area contributed by atoms with Crippen LogP contribution in [0.25, 0.3) is 0 Å². The Morgan fingerprint density at radius 3 is 2.41 bits per heavy atom. The summed E-state index contributed by atoms with van der Waals surface area (Å²) in [6, 6.07) is -1.46. The van der Waals surface area contributed by atoms with Crippen molar-refractivity contribution in [3.05, 3.63) is 0 Å². The molecule has 1 rings (SSSR count). The minimum atomic E-state index is -0.968. The first-order valence-electron chi connectivity index (χ1n) is 6.29. The Morgan fingerprint density at radius 2 is 1.94 bits per heavy atom. The van der Waals surface area contributed by atoms with Gasteiger partial charge < -0.3 is 16.2 Å². The highest BCUT2D eigenvalue weighted by Gasteiger charge is 2.26. The van der Waals surface area contributed by atoms with Crippen LogP contribution in [-0.2, 0) is 9.59 Å². The van der Waals surface area contributed by atoms with Crippen LogP contribution in [0.15, 0.2) is 0 Å². The van der Waals surface area contributed by atoms with Gasteiger partial charge in [-0.15, -0.1) is 0 Å². The normalized spacial score (nSPS) is 20.6. The molecule has 5 heteroatoms. The van der Waals surface area contributed by atoms with Crippen LogP contribution in [0.2, 0.25) is 0 Å². The standard InChI is InChI=1S/C12H22N2O3/c1-8(13)11(15)14-10(12(16)17)7-9-5-3-2-4-6-9/h8-10H,2-7,13H2,1H3,(H,14,15)(H,16,17)/t8-,10?/m1/s1. The van der Waals surface area contributed by atoms with Gasteiger partial charge in [0.2, 0.25) is 5.91 Å². The van der Waals surface area contributed by atoms with Gasteiger partial charge in [-0.05, 0) is 19.3 Å². The fraction of sp³-hybridized carbons (Fsp3) is 0.833. The molecular weight excluding hydrogens is 220 g/mol. The molecule has 0 spiro atoms. The van der Waals surface area contributed by atoms with Gasteiger partial charge in [0, 0.05) is 0 Å². The third kappa shape index (κ3) is 4.73. The lowest BCUT2D eigenvalue weighted by molar-refractivity contribution is -0.142. The van der Waals surface area contributed by atoms with Crippen molar-refractivity contribution in [1.29, 1.82) is 0 Å². The summed E-state index contributed by atoms with van der Waals surface area (Å²) in [5.41, 5.74) is 5.41. The van der Waals surface area contributed by atoms with Crippen molar-refractivity contribution in [3.8, 4) is 0 Å². The second-order valence-electron chi connectivity index (χ2n) is 4.93. The molecule has 98 valence electrons. The number of carbonyl (C=O) groups is 2. The number of hydrogen-bond donors (Lipinski definition) is 3. The lowest BCUT2D eigenvalue weighted by Crippen LogP contribution is -2.48. The summed E-state index contributed by atoms with van der Waals surface area (Å²) < 4.78 is 0. The van der Waals surface area contributed by atoms with Crippen LogP contribution >= 0.6 is 0 Å². The first-order chi connectivity index (χ1) is 8.00. The molecule has 0 bridgehead atoms. The van der Waals surface area contributed by atoms with Crippen molar-refractivity contribution in [3.63, 3.8) is 0 Å². The van der Waals surface area contributed by atoms with Crippen LogP contribution in [0.1, 0.15) is 45.4 Å². The molecule has 1 amide bonds. The lowest BCUT2D eigenvalue weighted by atomic mass is 9.85. The Morgan fingerprint density at radius 1 is 1.35 bits per heavy atom. The molecule has 0 aromatic carbocycles. The topological polar surface area (TPSA) is 92.4 Å². The molecule has 1 aliphatic rings. The van der Waals surface area contributed by atoms with Crippen molar-refractivity contribution in [2.45, 2.75) is 57.5 Å². The van der Waals surface area contributed by atoms with Gasteiger partial charge in [0.05, 0.1) is 6.04 Å². The van der Waals surface area contributed by atoms with Gasteiger partial charge in [-0.1, -0.05) is 32.1 Å². The molecule has 0 saturated heterocycles. The second kappa shape index (κ2) is 6.59. The van der Waals surface area contributed by atoms with Gasteiger partial charge in [0.1, 0.15) is 6.04 Å². The van der Waals surface area contributed by atoms with Crippen molar-refractivity contribution in [2.24, 2.45) is 11.7 Å². The summed E-state index contributed by atoms with van der Waals surface area (Å²) in [6.45, 7) is 1.55. The van der Waals surface area contributed by atoms with Crippen LogP contribution in [0.3, 0.4) is 0 Å². The molecule has 1 saturated carbocycles. The summed E-state index contributed by atoms with van der Waals surface area (Å²) in [6.07, 6.45) is 6.22. The highest BCUT2D eigenvalue weighted by molar-refractivity contribution is 5.86. The highest BCUT2D eigenvalue weighted by atomic mass is 16.4. The van der Waals surface area contributed by atoms with Gasteiger partial charge in [-0.2, -0.15) is 0 Å². The maximum absolute atomic E-state index is 11.4. The Balaban J connectivity index is 2.47. The van der Waals surface area contributed by atoms with Crippen LogP contribution in [0.4, 0.5) is 0 Å². The fourth-order valence-electron chi connectivity index (χ4n) is 2.28. The van der Waals surface area contributed by atoms with E-state index in [1.807, 2.05) is 0 Å². The quantitative estimate of drug-likeness (QED) is 0.667. The summed E-state index contributed by atoms with van der Waals surface area (Å²) in [5, 5.41) is 11.6. The minimum absolute atomic E-state index is 0.395. The highest BCUT2D eigenvalue weighted by Crippen LogP contribution is 2.27. The third-order valence-electron chi connectivity index (χ3n) is 3.32. The number of hydrogen-bond acceptors (Lipinski definition) is 3. The number of rotatable bonds is 5. The Hall–Kier alpha value is -1.10. The van der Waals surface area contributed by atoms with Crippen molar-refractivity contribution >= 4 is 11.9 Å². The van der Waals surface area contributed by atoms with Crippen molar-refractivity contribution in [2.75, 3.05) is 0 Å². The molecular formula is C12H22N2O3. The Labute approximate surface area is 102 Å². The van der Waals surface area contributed by atoms with Crippen molar-refractivity contribution in [1.82, 2.24) is 5.32 Å². The average molecular weight is 242 g/mol. The fourth-order valence-corrected chi connectivity index (χ4v) is 2.28. The van der Waals surface area contributed by atoms with Gasteiger partial charge >= 0.3 is 5.97 Å². The summed E-state index contributed by atoms with van der Waals surface area (Å²) in [7, 11) is 0. The number of aliphatic carboxylic acids is 1. The zero-order valence-electron chi connectivity index (χ0n) is 10.3. The van der Waals surface area contributed by atoms with Gasteiger partial charge in [-0.3, -0.25) is 4.79 Å². The van der Waals surface area contributed by atoms with E-state index in [1.165, 1.54) is 6.42 Å². The largest absolute Gasteiger partial charge is 0.480 e. The van der Waals surface area contributed by atoms with Crippen LogP contribution in [0, 0.1) is 5.92 Å². The van der Waals surface area contributed by atoms with Gasteiger partial charge in [-0.25, -0.2) is 4.79 Å². The van der Waals surface area contributed by atoms with E-state index in [4.69, 9.17) is 10.8 Å². The SMILES string of the molecule is C[C@@H](N)C(=O)NC(CC1CCCCC1)C(=O)O. The van der Waals surface area contributed by atoms with E-state index in [0.717, 1.165) is 25.7 Å². The summed E-state index contributed by atoms with van der Waals surface area (Å²) >= 11 is 0. The van der Waals surface area contributed by atoms with Crippen LogP contribution in [0.5, 0.6) is 0 Å². The van der Waals surface area contributed by atoms with Crippen LogP contribution in [-0.4, -0.2) is 29.1 Å². The zero-order chi connectivity index (χ0) is 12.8. The maximum atomic E-state index is 11.4. The molecule has 0 heterocycles. The monoisotopic (exact) mass is 242 g/mol. The number of amides is 1. The summed E-state index contributed by atoms with van der Waals surface area (Å²) in [4.78, 5) is 22.5. The molecule has 0 radical (unpaired) electrons. The first kappa shape index (κ1) is 14.0. The van der Waals surface area contributed by atoms with E-state index >= 15 is 0 Å². The molecule has 0 aromatic heterocycles. The Bertz CT molecular complexity index is 273. The molecule has 5 nitrogen and oxygen atoms in total. The van der Waals surface area contributed by atoms with Crippen LogP contribution < -0.4 is 11.1 Å². The third-order valence-corrected chi connectivity index (χ3v) is 3.32. The smallest absolute Gasteiger partial charge is 0.326 e.